The summed E-state index contributed by atoms with van der Waals surface area (Å²) >= 11 is 1.47. The molecule has 1 aromatic heterocycles. The van der Waals surface area contributed by atoms with E-state index in [4.69, 9.17) is 10.2 Å². The third-order valence-electron chi connectivity index (χ3n) is 2.85. The number of nitrogen functional groups attached to an aromatic ring is 1. The maximum Gasteiger partial charge on any atom is 0.226 e. The Morgan fingerprint density at radius 1 is 1.14 bits per heavy atom. The highest BCUT2D eigenvalue weighted by atomic mass is 32.2. The molecule has 0 saturated carbocycles. The SMILES string of the molecule is Nc1cc(F)cc(SCc2coc(-c3ccccc3)n2)c1. The van der Waals surface area contributed by atoms with Gasteiger partial charge in [-0.05, 0) is 30.3 Å². The fourth-order valence-electron chi connectivity index (χ4n) is 1.91. The number of benzene rings is 2. The monoisotopic (exact) mass is 300 g/mol. The summed E-state index contributed by atoms with van der Waals surface area (Å²) in [6, 6.07) is 14.2. The van der Waals surface area contributed by atoms with E-state index in [1.807, 2.05) is 30.3 Å². The number of oxazole rings is 1. The van der Waals surface area contributed by atoms with Crippen molar-refractivity contribution in [3.8, 4) is 11.5 Å². The fourth-order valence-corrected chi connectivity index (χ4v) is 2.77. The van der Waals surface area contributed by atoms with E-state index >= 15 is 0 Å². The van der Waals surface area contributed by atoms with Crippen molar-refractivity contribution < 1.29 is 8.81 Å². The van der Waals surface area contributed by atoms with Crippen LogP contribution in [0.2, 0.25) is 0 Å². The molecule has 0 unspecified atom stereocenters. The van der Waals surface area contributed by atoms with Crippen LogP contribution in [0.1, 0.15) is 5.69 Å². The van der Waals surface area contributed by atoms with E-state index in [9.17, 15) is 4.39 Å². The van der Waals surface area contributed by atoms with Gasteiger partial charge in [-0.3, -0.25) is 0 Å². The molecular weight excluding hydrogens is 287 g/mol. The van der Waals surface area contributed by atoms with Crippen LogP contribution in [0.25, 0.3) is 11.5 Å². The van der Waals surface area contributed by atoms with Crippen LogP contribution >= 0.6 is 11.8 Å². The van der Waals surface area contributed by atoms with Crippen molar-refractivity contribution in [1.29, 1.82) is 0 Å². The van der Waals surface area contributed by atoms with Crippen LogP contribution in [0.5, 0.6) is 0 Å². The highest BCUT2D eigenvalue weighted by Crippen LogP contribution is 2.26. The van der Waals surface area contributed by atoms with Crippen LogP contribution < -0.4 is 5.73 Å². The predicted molar refractivity (Wildman–Crippen MR) is 82.3 cm³/mol. The number of rotatable bonds is 4. The summed E-state index contributed by atoms with van der Waals surface area (Å²) in [6.07, 6.45) is 1.62. The Labute approximate surface area is 126 Å². The molecule has 2 aromatic carbocycles. The number of thioether (sulfide) groups is 1. The van der Waals surface area contributed by atoms with Gasteiger partial charge in [0, 0.05) is 21.9 Å². The van der Waals surface area contributed by atoms with E-state index in [1.165, 1.54) is 23.9 Å². The van der Waals surface area contributed by atoms with Gasteiger partial charge in [-0.25, -0.2) is 9.37 Å². The average molecular weight is 300 g/mol. The van der Waals surface area contributed by atoms with E-state index in [2.05, 4.69) is 4.98 Å². The van der Waals surface area contributed by atoms with Crippen LogP contribution in [0, 0.1) is 5.82 Å². The second-order valence-corrected chi connectivity index (χ2v) is 5.57. The highest BCUT2D eigenvalue weighted by molar-refractivity contribution is 7.98. The Hall–Kier alpha value is -2.27. The van der Waals surface area contributed by atoms with Gasteiger partial charge in [0.15, 0.2) is 0 Å². The quantitative estimate of drug-likeness (QED) is 0.574. The predicted octanol–water partition coefficient (Wildman–Crippen LogP) is 4.36. The number of nitrogens with two attached hydrogens (primary N) is 1. The molecule has 0 aliphatic rings. The van der Waals surface area contributed by atoms with Crippen LogP contribution in [-0.4, -0.2) is 4.98 Å². The maximum atomic E-state index is 13.3. The molecule has 0 radical (unpaired) electrons. The van der Waals surface area contributed by atoms with Gasteiger partial charge in [-0.1, -0.05) is 18.2 Å². The Morgan fingerprint density at radius 3 is 2.71 bits per heavy atom. The number of anilines is 1. The third kappa shape index (κ3) is 3.44. The molecule has 0 saturated heterocycles. The first kappa shape index (κ1) is 13.7. The average Bonchev–Trinajstić information content (AvgIpc) is 2.94. The molecule has 3 rings (SSSR count). The van der Waals surface area contributed by atoms with Gasteiger partial charge in [-0.2, -0.15) is 0 Å². The molecule has 21 heavy (non-hydrogen) atoms. The zero-order valence-electron chi connectivity index (χ0n) is 11.1. The molecule has 0 atom stereocenters. The molecule has 106 valence electrons. The topological polar surface area (TPSA) is 52.0 Å². The molecule has 5 heteroatoms. The second kappa shape index (κ2) is 6.01. The lowest BCUT2D eigenvalue weighted by Crippen LogP contribution is -1.88. The molecule has 0 spiro atoms. The molecule has 0 aliphatic heterocycles. The molecular formula is C16H13FN2OS. The number of hydrogen-bond acceptors (Lipinski definition) is 4. The lowest BCUT2D eigenvalue weighted by molar-refractivity contribution is 0.573. The Kier molecular flexibility index (Phi) is 3.92. The maximum absolute atomic E-state index is 13.3. The zero-order valence-corrected chi connectivity index (χ0v) is 11.9. The van der Waals surface area contributed by atoms with Crippen molar-refractivity contribution in [2.45, 2.75) is 10.6 Å². The normalized spacial score (nSPS) is 10.7. The number of hydrogen-bond donors (Lipinski definition) is 1. The van der Waals surface area contributed by atoms with E-state index in [0.29, 0.717) is 17.3 Å². The van der Waals surface area contributed by atoms with Crippen molar-refractivity contribution in [3.63, 3.8) is 0 Å². The minimum atomic E-state index is -0.331. The highest BCUT2D eigenvalue weighted by Gasteiger charge is 2.07. The van der Waals surface area contributed by atoms with Crippen molar-refractivity contribution in [3.05, 3.63) is 66.3 Å². The van der Waals surface area contributed by atoms with Gasteiger partial charge in [0.25, 0.3) is 0 Å². The lowest BCUT2D eigenvalue weighted by atomic mass is 10.2. The summed E-state index contributed by atoms with van der Waals surface area (Å²) in [4.78, 5) is 5.20. The summed E-state index contributed by atoms with van der Waals surface area (Å²) < 4.78 is 18.7. The number of halogens is 1. The molecule has 0 bridgehead atoms. The first-order chi connectivity index (χ1) is 10.2. The summed E-state index contributed by atoms with van der Waals surface area (Å²) in [5.41, 5.74) is 7.78. The molecule has 0 fully saturated rings. The first-order valence-corrected chi connectivity index (χ1v) is 7.38. The van der Waals surface area contributed by atoms with E-state index in [1.54, 1.807) is 12.3 Å². The smallest absolute Gasteiger partial charge is 0.226 e. The standard InChI is InChI=1S/C16H13FN2OS/c17-12-6-13(18)8-15(7-12)21-10-14-9-20-16(19-14)11-4-2-1-3-5-11/h1-9H,10,18H2. The van der Waals surface area contributed by atoms with Gasteiger partial charge in [-0.15, -0.1) is 11.8 Å². The molecule has 0 aliphatic carbocycles. The summed E-state index contributed by atoms with van der Waals surface area (Å²) in [5, 5.41) is 0. The third-order valence-corrected chi connectivity index (χ3v) is 3.86. The lowest BCUT2D eigenvalue weighted by Gasteiger charge is -2.01. The van der Waals surface area contributed by atoms with Crippen molar-refractivity contribution in [2.24, 2.45) is 0 Å². The fraction of sp³-hybridized carbons (Fsp3) is 0.0625. The minimum Gasteiger partial charge on any atom is -0.444 e. The van der Waals surface area contributed by atoms with Gasteiger partial charge < -0.3 is 10.2 Å². The molecule has 1 heterocycles. The largest absolute Gasteiger partial charge is 0.444 e. The van der Waals surface area contributed by atoms with E-state index in [0.717, 1.165) is 16.2 Å². The molecule has 3 aromatic rings. The van der Waals surface area contributed by atoms with Crippen molar-refractivity contribution >= 4 is 17.4 Å². The van der Waals surface area contributed by atoms with Gasteiger partial charge in [0.05, 0.1) is 5.69 Å². The van der Waals surface area contributed by atoms with Crippen LogP contribution in [-0.2, 0) is 5.75 Å². The van der Waals surface area contributed by atoms with E-state index in [-0.39, 0.29) is 5.82 Å². The summed E-state index contributed by atoms with van der Waals surface area (Å²) in [5.74, 6) is 0.853. The number of nitrogens with zero attached hydrogens (tertiary/aromatic N) is 1. The van der Waals surface area contributed by atoms with Crippen molar-refractivity contribution in [1.82, 2.24) is 4.98 Å². The van der Waals surface area contributed by atoms with E-state index < -0.39 is 0 Å². The Morgan fingerprint density at radius 2 is 1.95 bits per heavy atom. The van der Waals surface area contributed by atoms with Crippen LogP contribution in [0.15, 0.2) is 64.1 Å². The van der Waals surface area contributed by atoms with Crippen molar-refractivity contribution in [2.75, 3.05) is 5.73 Å². The molecule has 0 amide bonds. The first-order valence-electron chi connectivity index (χ1n) is 6.39. The Bertz CT molecular complexity index is 723. The zero-order chi connectivity index (χ0) is 14.7. The molecule has 3 nitrogen and oxygen atoms in total. The Balaban J connectivity index is 1.70. The van der Waals surface area contributed by atoms with Gasteiger partial charge in [0.1, 0.15) is 12.1 Å². The van der Waals surface area contributed by atoms with Crippen LogP contribution in [0.4, 0.5) is 10.1 Å². The second-order valence-electron chi connectivity index (χ2n) is 4.52. The summed E-state index contributed by atoms with van der Waals surface area (Å²) in [6.45, 7) is 0. The number of aromatic nitrogens is 1. The van der Waals surface area contributed by atoms with Crippen LogP contribution in [0.3, 0.4) is 0 Å². The molecule has 2 N–H and O–H groups in total. The van der Waals surface area contributed by atoms with Gasteiger partial charge in [0.2, 0.25) is 5.89 Å². The summed E-state index contributed by atoms with van der Waals surface area (Å²) in [7, 11) is 0. The van der Waals surface area contributed by atoms with Gasteiger partial charge >= 0.3 is 0 Å². The minimum absolute atomic E-state index is 0.331.